The minimum Gasteiger partial charge on any atom is -0.356 e. The van der Waals surface area contributed by atoms with E-state index in [4.69, 9.17) is 5.73 Å². The van der Waals surface area contributed by atoms with Gasteiger partial charge in [-0.3, -0.25) is 4.79 Å². The average Bonchev–Trinajstić information content (AvgIpc) is 2.30. The maximum atomic E-state index is 11.4. The van der Waals surface area contributed by atoms with Gasteiger partial charge in [0.15, 0.2) is 0 Å². The van der Waals surface area contributed by atoms with Crippen molar-refractivity contribution in [3.8, 4) is 0 Å². The Hall–Kier alpha value is -1.35. The first-order chi connectivity index (χ1) is 7.72. The van der Waals surface area contributed by atoms with Crippen molar-refractivity contribution < 1.29 is 4.79 Å². The van der Waals surface area contributed by atoms with E-state index in [-0.39, 0.29) is 11.9 Å². The predicted molar refractivity (Wildman–Crippen MR) is 66.0 cm³/mol. The number of rotatable bonds is 6. The van der Waals surface area contributed by atoms with Gasteiger partial charge >= 0.3 is 0 Å². The fourth-order valence-corrected chi connectivity index (χ4v) is 1.45. The summed E-state index contributed by atoms with van der Waals surface area (Å²) in [6.45, 7) is 2.67. The molecule has 0 saturated carbocycles. The molecule has 0 saturated heterocycles. The number of hydrogen-bond donors (Lipinski definition) is 2. The van der Waals surface area contributed by atoms with E-state index in [2.05, 4.69) is 17.4 Å². The van der Waals surface area contributed by atoms with Crippen LogP contribution in [0.15, 0.2) is 30.3 Å². The number of nitrogens with two attached hydrogens (primary N) is 1. The third-order valence-electron chi connectivity index (χ3n) is 2.55. The van der Waals surface area contributed by atoms with E-state index in [0.29, 0.717) is 13.0 Å². The van der Waals surface area contributed by atoms with Gasteiger partial charge in [0.2, 0.25) is 5.91 Å². The zero-order chi connectivity index (χ0) is 11.8. The van der Waals surface area contributed by atoms with E-state index in [1.54, 1.807) is 0 Å². The summed E-state index contributed by atoms with van der Waals surface area (Å²) < 4.78 is 0. The van der Waals surface area contributed by atoms with Gasteiger partial charge in [0.1, 0.15) is 0 Å². The molecule has 1 amide bonds. The Morgan fingerprint density at radius 3 is 2.69 bits per heavy atom. The molecule has 3 nitrogen and oxygen atoms in total. The lowest BCUT2D eigenvalue weighted by atomic mass is 10.1. The first kappa shape index (κ1) is 12.7. The van der Waals surface area contributed by atoms with Gasteiger partial charge in [0, 0.05) is 19.0 Å². The Balaban J connectivity index is 2.18. The molecule has 1 rings (SSSR count). The molecule has 0 aliphatic rings. The van der Waals surface area contributed by atoms with Crippen molar-refractivity contribution >= 4 is 5.91 Å². The zero-order valence-corrected chi connectivity index (χ0v) is 9.78. The van der Waals surface area contributed by atoms with Gasteiger partial charge in [0.05, 0.1) is 0 Å². The molecule has 1 unspecified atom stereocenters. The minimum atomic E-state index is -0.0169. The van der Waals surface area contributed by atoms with Crippen molar-refractivity contribution in [2.45, 2.75) is 32.2 Å². The zero-order valence-electron chi connectivity index (χ0n) is 9.78. The van der Waals surface area contributed by atoms with Gasteiger partial charge in [0.25, 0.3) is 0 Å². The molecule has 0 radical (unpaired) electrons. The SMILES string of the molecule is CCC(N)CC(=O)NCCc1ccccc1. The molecule has 3 heteroatoms. The number of amides is 1. The summed E-state index contributed by atoms with van der Waals surface area (Å²) in [6, 6.07) is 10.1. The lowest BCUT2D eigenvalue weighted by molar-refractivity contribution is -0.121. The number of carbonyl (C=O) groups is 1. The lowest BCUT2D eigenvalue weighted by Crippen LogP contribution is -2.32. The monoisotopic (exact) mass is 220 g/mol. The second-order valence-corrected chi connectivity index (χ2v) is 3.96. The van der Waals surface area contributed by atoms with Crippen LogP contribution < -0.4 is 11.1 Å². The van der Waals surface area contributed by atoms with Gasteiger partial charge in [-0.1, -0.05) is 37.3 Å². The molecule has 0 aliphatic carbocycles. The fourth-order valence-electron chi connectivity index (χ4n) is 1.45. The molecule has 0 aliphatic heterocycles. The van der Waals surface area contributed by atoms with Crippen LogP contribution in [0.25, 0.3) is 0 Å². The summed E-state index contributed by atoms with van der Waals surface area (Å²) in [5.74, 6) is 0.0466. The summed E-state index contributed by atoms with van der Waals surface area (Å²) in [6.07, 6.45) is 2.13. The van der Waals surface area contributed by atoms with Crippen LogP contribution in [-0.4, -0.2) is 18.5 Å². The van der Waals surface area contributed by atoms with Crippen LogP contribution in [0, 0.1) is 0 Å². The van der Waals surface area contributed by atoms with Gasteiger partial charge < -0.3 is 11.1 Å². The Labute approximate surface area is 97.0 Å². The molecule has 0 fully saturated rings. The van der Waals surface area contributed by atoms with E-state index in [1.807, 2.05) is 25.1 Å². The average molecular weight is 220 g/mol. The van der Waals surface area contributed by atoms with Crippen molar-refractivity contribution in [3.63, 3.8) is 0 Å². The van der Waals surface area contributed by atoms with Gasteiger partial charge in [-0.25, -0.2) is 0 Å². The van der Waals surface area contributed by atoms with E-state index in [0.717, 1.165) is 12.8 Å². The maximum Gasteiger partial charge on any atom is 0.221 e. The number of hydrogen-bond acceptors (Lipinski definition) is 2. The normalized spacial score (nSPS) is 12.1. The third kappa shape index (κ3) is 4.94. The molecule has 88 valence electrons. The standard InChI is InChI=1S/C13H20N2O/c1-2-12(14)10-13(16)15-9-8-11-6-4-3-5-7-11/h3-7,12H,2,8-10,14H2,1H3,(H,15,16). The second kappa shape index (κ2) is 7.01. The van der Waals surface area contributed by atoms with Crippen molar-refractivity contribution in [2.75, 3.05) is 6.54 Å². The van der Waals surface area contributed by atoms with E-state index < -0.39 is 0 Å². The molecule has 1 atom stereocenters. The third-order valence-corrected chi connectivity index (χ3v) is 2.55. The molecular formula is C13H20N2O. The second-order valence-electron chi connectivity index (χ2n) is 3.96. The molecule has 1 aromatic carbocycles. The molecular weight excluding hydrogens is 200 g/mol. The summed E-state index contributed by atoms with van der Waals surface area (Å²) in [4.78, 5) is 11.4. The molecule has 16 heavy (non-hydrogen) atoms. The molecule has 0 heterocycles. The minimum absolute atomic E-state index is 0.0169. The van der Waals surface area contributed by atoms with Crippen LogP contribution in [0.4, 0.5) is 0 Å². The highest BCUT2D eigenvalue weighted by atomic mass is 16.1. The Morgan fingerprint density at radius 1 is 1.38 bits per heavy atom. The van der Waals surface area contributed by atoms with Gasteiger partial charge in [-0.05, 0) is 18.4 Å². The number of nitrogens with one attached hydrogen (secondary N) is 1. The van der Waals surface area contributed by atoms with Crippen molar-refractivity contribution in [1.29, 1.82) is 0 Å². The Kier molecular flexibility index (Phi) is 5.57. The Morgan fingerprint density at radius 2 is 2.06 bits per heavy atom. The first-order valence-corrected chi connectivity index (χ1v) is 5.78. The largest absolute Gasteiger partial charge is 0.356 e. The van der Waals surface area contributed by atoms with E-state index in [1.165, 1.54) is 5.56 Å². The van der Waals surface area contributed by atoms with E-state index >= 15 is 0 Å². The summed E-state index contributed by atoms with van der Waals surface area (Å²) >= 11 is 0. The Bertz CT molecular complexity index is 311. The molecule has 0 bridgehead atoms. The van der Waals surface area contributed by atoms with E-state index in [9.17, 15) is 4.79 Å². The molecule has 1 aromatic rings. The number of benzene rings is 1. The van der Waals surface area contributed by atoms with Gasteiger partial charge in [-0.15, -0.1) is 0 Å². The highest BCUT2D eigenvalue weighted by Gasteiger charge is 2.06. The summed E-state index contributed by atoms with van der Waals surface area (Å²) in [7, 11) is 0. The summed E-state index contributed by atoms with van der Waals surface area (Å²) in [5, 5.41) is 2.88. The predicted octanol–water partition coefficient (Wildman–Crippen LogP) is 1.47. The van der Waals surface area contributed by atoms with Crippen LogP contribution in [0.5, 0.6) is 0 Å². The van der Waals surface area contributed by atoms with Crippen LogP contribution in [0.3, 0.4) is 0 Å². The van der Waals surface area contributed by atoms with Crippen LogP contribution >= 0.6 is 0 Å². The topological polar surface area (TPSA) is 55.1 Å². The first-order valence-electron chi connectivity index (χ1n) is 5.78. The lowest BCUT2D eigenvalue weighted by Gasteiger charge is -2.09. The van der Waals surface area contributed by atoms with Crippen LogP contribution in [0.1, 0.15) is 25.3 Å². The molecule has 0 aromatic heterocycles. The van der Waals surface area contributed by atoms with Crippen molar-refractivity contribution in [3.05, 3.63) is 35.9 Å². The smallest absolute Gasteiger partial charge is 0.221 e. The van der Waals surface area contributed by atoms with Crippen molar-refractivity contribution in [2.24, 2.45) is 5.73 Å². The van der Waals surface area contributed by atoms with Crippen molar-refractivity contribution in [1.82, 2.24) is 5.32 Å². The molecule has 3 N–H and O–H groups in total. The van der Waals surface area contributed by atoms with Crippen LogP contribution in [-0.2, 0) is 11.2 Å². The maximum absolute atomic E-state index is 11.4. The summed E-state index contributed by atoms with van der Waals surface area (Å²) in [5.41, 5.74) is 6.93. The highest BCUT2D eigenvalue weighted by molar-refractivity contribution is 5.76. The van der Waals surface area contributed by atoms with Crippen LogP contribution in [0.2, 0.25) is 0 Å². The molecule has 0 spiro atoms. The van der Waals surface area contributed by atoms with Gasteiger partial charge in [-0.2, -0.15) is 0 Å². The fraction of sp³-hybridized carbons (Fsp3) is 0.462. The highest BCUT2D eigenvalue weighted by Crippen LogP contribution is 1.98. The quantitative estimate of drug-likeness (QED) is 0.763. The number of carbonyl (C=O) groups excluding carboxylic acids is 1.